The van der Waals surface area contributed by atoms with Gasteiger partial charge in [0.2, 0.25) is 5.91 Å². The van der Waals surface area contributed by atoms with Crippen LogP contribution in [-0.4, -0.2) is 18.9 Å². The number of hydrogen-bond acceptors (Lipinski definition) is 3. The van der Waals surface area contributed by atoms with E-state index >= 15 is 0 Å². The zero-order chi connectivity index (χ0) is 20.5. The second kappa shape index (κ2) is 10.1. The van der Waals surface area contributed by atoms with Gasteiger partial charge in [-0.05, 0) is 23.8 Å². The molecule has 0 fully saturated rings. The van der Waals surface area contributed by atoms with E-state index in [0.717, 1.165) is 16.9 Å². The van der Waals surface area contributed by atoms with Crippen LogP contribution in [0.1, 0.15) is 33.9 Å². The van der Waals surface area contributed by atoms with Gasteiger partial charge in [-0.15, -0.1) is 0 Å². The predicted octanol–water partition coefficient (Wildman–Crippen LogP) is 3.87. The third-order valence-electron chi connectivity index (χ3n) is 4.60. The minimum absolute atomic E-state index is 0.137. The maximum atomic E-state index is 12.6. The van der Waals surface area contributed by atoms with E-state index in [0.29, 0.717) is 12.1 Å². The molecule has 0 saturated carbocycles. The van der Waals surface area contributed by atoms with Gasteiger partial charge in [0.05, 0.1) is 19.6 Å². The zero-order valence-electron chi connectivity index (χ0n) is 16.3. The number of carbonyl (C=O) groups is 2. The van der Waals surface area contributed by atoms with Crippen molar-refractivity contribution in [3.63, 3.8) is 0 Å². The number of ether oxygens (including phenoxy) is 1. The number of nitrogens with one attached hydrogen (secondary N) is 2. The van der Waals surface area contributed by atoms with E-state index in [2.05, 4.69) is 10.6 Å². The van der Waals surface area contributed by atoms with E-state index in [1.165, 1.54) is 0 Å². The standard InChI is InChI=1S/C24H24N2O3/c1-29-22-15-9-8-14-20(22)17-25-23(27)16-21(18-10-4-2-5-11-18)26-24(28)19-12-6-3-7-13-19/h2-15,21H,16-17H2,1H3,(H,25,27)(H,26,28)/t21-/m0/s1. The van der Waals surface area contributed by atoms with Crippen molar-refractivity contribution >= 4 is 11.8 Å². The lowest BCUT2D eigenvalue weighted by Gasteiger charge is -2.19. The summed E-state index contributed by atoms with van der Waals surface area (Å²) in [6, 6.07) is 25.6. The molecular formula is C24H24N2O3. The van der Waals surface area contributed by atoms with Crippen molar-refractivity contribution in [1.29, 1.82) is 0 Å². The van der Waals surface area contributed by atoms with Crippen LogP contribution in [-0.2, 0) is 11.3 Å². The minimum atomic E-state index is -0.429. The summed E-state index contributed by atoms with van der Waals surface area (Å²) in [7, 11) is 1.60. The van der Waals surface area contributed by atoms with Gasteiger partial charge in [-0.1, -0.05) is 66.7 Å². The van der Waals surface area contributed by atoms with Crippen LogP contribution < -0.4 is 15.4 Å². The maximum Gasteiger partial charge on any atom is 0.251 e. The Morgan fingerprint density at radius 3 is 2.17 bits per heavy atom. The molecule has 3 rings (SSSR count). The highest BCUT2D eigenvalue weighted by atomic mass is 16.5. The Kier molecular flexibility index (Phi) is 7.00. The van der Waals surface area contributed by atoms with Crippen LogP contribution in [0.15, 0.2) is 84.9 Å². The molecule has 148 valence electrons. The second-order valence-corrected chi connectivity index (χ2v) is 6.60. The lowest BCUT2D eigenvalue weighted by Crippen LogP contribution is -2.33. The minimum Gasteiger partial charge on any atom is -0.496 e. The topological polar surface area (TPSA) is 67.4 Å². The van der Waals surface area contributed by atoms with E-state index in [4.69, 9.17) is 4.74 Å². The Bertz CT molecular complexity index is 943. The lowest BCUT2D eigenvalue weighted by molar-refractivity contribution is -0.121. The Balaban J connectivity index is 1.68. The van der Waals surface area contributed by atoms with Gasteiger partial charge in [0.1, 0.15) is 5.75 Å². The van der Waals surface area contributed by atoms with E-state index in [9.17, 15) is 9.59 Å². The fraction of sp³-hybridized carbons (Fsp3) is 0.167. The van der Waals surface area contributed by atoms with Gasteiger partial charge in [-0.2, -0.15) is 0 Å². The Morgan fingerprint density at radius 1 is 0.862 bits per heavy atom. The molecule has 5 heteroatoms. The molecule has 0 saturated heterocycles. The van der Waals surface area contributed by atoms with Gasteiger partial charge >= 0.3 is 0 Å². The van der Waals surface area contributed by atoms with Crippen LogP contribution in [0.3, 0.4) is 0 Å². The summed E-state index contributed by atoms with van der Waals surface area (Å²) in [5.74, 6) is 0.361. The summed E-state index contributed by atoms with van der Waals surface area (Å²) < 4.78 is 5.32. The molecule has 5 nitrogen and oxygen atoms in total. The first-order chi connectivity index (χ1) is 14.2. The first-order valence-electron chi connectivity index (χ1n) is 9.47. The lowest BCUT2D eigenvalue weighted by atomic mass is 10.0. The number of amides is 2. The molecule has 0 spiro atoms. The molecule has 0 aromatic heterocycles. The van der Waals surface area contributed by atoms with Gasteiger partial charge in [0.15, 0.2) is 0 Å². The molecule has 0 aliphatic rings. The fourth-order valence-corrected chi connectivity index (χ4v) is 3.07. The van der Waals surface area contributed by atoms with Crippen LogP contribution in [0.25, 0.3) is 0 Å². The summed E-state index contributed by atoms with van der Waals surface area (Å²) in [6.07, 6.45) is 0.137. The number of benzene rings is 3. The van der Waals surface area contributed by atoms with Crippen molar-refractivity contribution in [2.45, 2.75) is 19.0 Å². The third-order valence-corrected chi connectivity index (χ3v) is 4.60. The van der Waals surface area contributed by atoms with E-state index in [1.54, 1.807) is 19.2 Å². The van der Waals surface area contributed by atoms with Gasteiger partial charge in [-0.3, -0.25) is 9.59 Å². The molecule has 3 aromatic rings. The quantitative estimate of drug-likeness (QED) is 0.616. The number of methoxy groups -OCH3 is 1. The summed E-state index contributed by atoms with van der Waals surface area (Å²) >= 11 is 0. The monoisotopic (exact) mass is 388 g/mol. The SMILES string of the molecule is COc1ccccc1CNC(=O)C[C@H](NC(=O)c1ccccc1)c1ccccc1. The Hall–Kier alpha value is -3.60. The van der Waals surface area contributed by atoms with Crippen LogP contribution >= 0.6 is 0 Å². The number of para-hydroxylation sites is 1. The van der Waals surface area contributed by atoms with Gasteiger partial charge in [0.25, 0.3) is 5.91 Å². The molecule has 0 heterocycles. The average molecular weight is 388 g/mol. The average Bonchev–Trinajstić information content (AvgIpc) is 2.78. The molecule has 2 N–H and O–H groups in total. The number of rotatable bonds is 8. The van der Waals surface area contributed by atoms with Crippen molar-refractivity contribution in [3.8, 4) is 5.75 Å². The fourth-order valence-electron chi connectivity index (χ4n) is 3.07. The number of carbonyl (C=O) groups excluding carboxylic acids is 2. The second-order valence-electron chi connectivity index (χ2n) is 6.60. The molecular weight excluding hydrogens is 364 g/mol. The predicted molar refractivity (Wildman–Crippen MR) is 113 cm³/mol. The third kappa shape index (κ3) is 5.69. The molecule has 0 radical (unpaired) electrons. The van der Waals surface area contributed by atoms with E-state index in [1.807, 2.05) is 72.8 Å². The van der Waals surface area contributed by atoms with Crippen LogP contribution in [0.5, 0.6) is 5.75 Å². The number of hydrogen-bond donors (Lipinski definition) is 2. The molecule has 0 aliphatic carbocycles. The van der Waals surface area contributed by atoms with E-state index < -0.39 is 6.04 Å². The highest BCUT2D eigenvalue weighted by Gasteiger charge is 2.19. The van der Waals surface area contributed by atoms with Crippen molar-refractivity contribution in [2.24, 2.45) is 0 Å². The maximum absolute atomic E-state index is 12.6. The summed E-state index contributed by atoms with van der Waals surface area (Å²) in [5.41, 5.74) is 2.33. The zero-order valence-corrected chi connectivity index (χ0v) is 16.3. The molecule has 2 amide bonds. The van der Waals surface area contributed by atoms with Gasteiger partial charge in [0, 0.05) is 17.7 Å². The van der Waals surface area contributed by atoms with Crippen molar-refractivity contribution in [2.75, 3.05) is 7.11 Å². The van der Waals surface area contributed by atoms with Crippen molar-refractivity contribution in [3.05, 3.63) is 102 Å². The van der Waals surface area contributed by atoms with Gasteiger partial charge in [-0.25, -0.2) is 0 Å². The highest BCUT2D eigenvalue weighted by molar-refractivity contribution is 5.94. The molecule has 0 bridgehead atoms. The van der Waals surface area contributed by atoms with Crippen LogP contribution in [0.4, 0.5) is 0 Å². The molecule has 1 atom stereocenters. The summed E-state index contributed by atoms with van der Waals surface area (Å²) in [5, 5.41) is 5.89. The van der Waals surface area contributed by atoms with Crippen molar-refractivity contribution in [1.82, 2.24) is 10.6 Å². The Labute approximate surface area is 170 Å². The smallest absolute Gasteiger partial charge is 0.251 e. The van der Waals surface area contributed by atoms with Gasteiger partial charge < -0.3 is 15.4 Å². The molecule has 0 unspecified atom stereocenters. The first kappa shape index (κ1) is 20.1. The van der Waals surface area contributed by atoms with Crippen LogP contribution in [0.2, 0.25) is 0 Å². The molecule has 29 heavy (non-hydrogen) atoms. The summed E-state index contributed by atoms with van der Waals surface area (Å²) in [6.45, 7) is 0.358. The normalized spacial score (nSPS) is 11.3. The van der Waals surface area contributed by atoms with Crippen LogP contribution in [0, 0.1) is 0 Å². The van der Waals surface area contributed by atoms with E-state index in [-0.39, 0.29) is 18.2 Å². The highest BCUT2D eigenvalue weighted by Crippen LogP contribution is 2.19. The molecule has 0 aliphatic heterocycles. The van der Waals surface area contributed by atoms with Crippen molar-refractivity contribution < 1.29 is 14.3 Å². The summed E-state index contributed by atoms with van der Waals surface area (Å²) in [4.78, 5) is 25.2. The first-order valence-corrected chi connectivity index (χ1v) is 9.47. The largest absolute Gasteiger partial charge is 0.496 e. The Morgan fingerprint density at radius 2 is 1.48 bits per heavy atom. The molecule has 3 aromatic carbocycles.